The van der Waals surface area contributed by atoms with E-state index in [1.807, 2.05) is 7.05 Å². The molecule has 0 aromatic rings. The molecule has 0 aliphatic heterocycles. The van der Waals surface area contributed by atoms with Crippen LogP contribution >= 0.6 is 0 Å². The van der Waals surface area contributed by atoms with Crippen molar-refractivity contribution in [3.05, 3.63) is 0 Å². The monoisotopic (exact) mass is 201 g/mol. The number of ether oxygens (including phenoxy) is 1. The second-order valence-electron chi connectivity index (χ2n) is 4.16. The molecule has 1 N–H and O–H groups in total. The van der Waals surface area contributed by atoms with Crippen LogP contribution in [0.15, 0.2) is 0 Å². The summed E-state index contributed by atoms with van der Waals surface area (Å²) in [6.45, 7) is 7.49. The van der Waals surface area contributed by atoms with Crippen LogP contribution in [0.5, 0.6) is 0 Å². The van der Waals surface area contributed by atoms with Gasteiger partial charge >= 0.3 is 0 Å². The summed E-state index contributed by atoms with van der Waals surface area (Å²) in [4.78, 5) is 0. The molecule has 0 radical (unpaired) electrons. The van der Waals surface area contributed by atoms with E-state index >= 15 is 0 Å². The highest BCUT2D eigenvalue weighted by Gasteiger charge is 2.06. The van der Waals surface area contributed by atoms with E-state index in [1.165, 1.54) is 32.1 Å². The topological polar surface area (TPSA) is 21.3 Å². The van der Waals surface area contributed by atoms with Crippen LogP contribution in [-0.4, -0.2) is 25.8 Å². The van der Waals surface area contributed by atoms with E-state index in [4.69, 9.17) is 4.74 Å². The highest BCUT2D eigenvalue weighted by molar-refractivity contribution is 4.57. The van der Waals surface area contributed by atoms with Gasteiger partial charge in [-0.1, -0.05) is 32.6 Å². The quantitative estimate of drug-likeness (QED) is 0.579. The van der Waals surface area contributed by atoms with E-state index in [9.17, 15) is 0 Å². The predicted octanol–water partition coefficient (Wildman–Crippen LogP) is 2.97. The zero-order valence-corrected chi connectivity index (χ0v) is 10.3. The Balaban J connectivity index is 3.30. The van der Waals surface area contributed by atoms with E-state index in [0.29, 0.717) is 12.2 Å². The van der Waals surface area contributed by atoms with E-state index in [1.54, 1.807) is 0 Å². The molecule has 0 bridgehead atoms. The molecule has 2 atom stereocenters. The minimum Gasteiger partial charge on any atom is -0.374 e. The molecule has 2 unspecified atom stereocenters. The maximum Gasteiger partial charge on any atom is 0.0674 e. The lowest BCUT2D eigenvalue weighted by Crippen LogP contribution is -2.27. The molecule has 0 saturated carbocycles. The van der Waals surface area contributed by atoms with Gasteiger partial charge in [-0.2, -0.15) is 0 Å². The van der Waals surface area contributed by atoms with Crippen LogP contribution in [0, 0.1) is 0 Å². The summed E-state index contributed by atoms with van der Waals surface area (Å²) in [5.41, 5.74) is 0. The molecule has 0 spiro atoms. The van der Waals surface area contributed by atoms with Gasteiger partial charge in [0.2, 0.25) is 0 Å². The number of hydrogen-bond acceptors (Lipinski definition) is 2. The molecule has 0 aromatic carbocycles. The fraction of sp³-hybridized carbons (Fsp3) is 1.00. The van der Waals surface area contributed by atoms with E-state index in [0.717, 1.165) is 6.54 Å². The summed E-state index contributed by atoms with van der Waals surface area (Å²) in [6, 6.07) is 0. The van der Waals surface area contributed by atoms with Gasteiger partial charge in [0.25, 0.3) is 0 Å². The van der Waals surface area contributed by atoms with Crippen LogP contribution in [0.2, 0.25) is 0 Å². The Labute approximate surface area is 89.4 Å². The van der Waals surface area contributed by atoms with Gasteiger partial charge in [0.1, 0.15) is 0 Å². The number of rotatable bonds is 9. The molecule has 0 saturated heterocycles. The van der Waals surface area contributed by atoms with Gasteiger partial charge in [0, 0.05) is 6.54 Å². The van der Waals surface area contributed by atoms with Crippen molar-refractivity contribution in [1.29, 1.82) is 0 Å². The van der Waals surface area contributed by atoms with Crippen LogP contribution in [0.1, 0.15) is 52.9 Å². The summed E-state index contributed by atoms with van der Waals surface area (Å²) in [7, 11) is 1.96. The molecule has 86 valence electrons. The molecular formula is C12H27NO. The van der Waals surface area contributed by atoms with Crippen molar-refractivity contribution in [2.24, 2.45) is 0 Å². The molecule has 0 fully saturated rings. The largest absolute Gasteiger partial charge is 0.374 e. The number of likely N-dealkylation sites (N-methyl/N-ethyl adjacent to an activating group) is 1. The third-order valence-electron chi connectivity index (χ3n) is 2.42. The van der Waals surface area contributed by atoms with Gasteiger partial charge < -0.3 is 10.1 Å². The van der Waals surface area contributed by atoms with Gasteiger partial charge in [-0.05, 0) is 27.3 Å². The Hall–Kier alpha value is -0.0800. The zero-order chi connectivity index (χ0) is 10.8. The molecule has 2 nitrogen and oxygen atoms in total. The van der Waals surface area contributed by atoms with Gasteiger partial charge in [-0.15, -0.1) is 0 Å². The van der Waals surface area contributed by atoms with E-state index in [2.05, 4.69) is 26.1 Å². The highest BCUT2D eigenvalue weighted by Crippen LogP contribution is 2.09. The van der Waals surface area contributed by atoms with E-state index < -0.39 is 0 Å². The lowest BCUT2D eigenvalue weighted by Gasteiger charge is -2.18. The van der Waals surface area contributed by atoms with Crippen LogP contribution in [0.4, 0.5) is 0 Å². The van der Waals surface area contributed by atoms with E-state index in [-0.39, 0.29) is 0 Å². The molecule has 0 aliphatic rings. The Morgan fingerprint density at radius 3 is 2.36 bits per heavy atom. The van der Waals surface area contributed by atoms with Crippen molar-refractivity contribution in [3.8, 4) is 0 Å². The second kappa shape index (κ2) is 9.47. The summed E-state index contributed by atoms with van der Waals surface area (Å²) < 4.78 is 5.81. The second-order valence-corrected chi connectivity index (χ2v) is 4.16. The average molecular weight is 201 g/mol. The first-order chi connectivity index (χ1) is 6.70. The van der Waals surface area contributed by atoms with Gasteiger partial charge in [0.05, 0.1) is 12.2 Å². The summed E-state index contributed by atoms with van der Waals surface area (Å²) in [5.74, 6) is 0. The smallest absolute Gasteiger partial charge is 0.0674 e. The zero-order valence-electron chi connectivity index (χ0n) is 10.3. The number of hydrogen-bond donors (Lipinski definition) is 1. The van der Waals surface area contributed by atoms with Crippen LogP contribution in [-0.2, 0) is 4.74 Å². The van der Waals surface area contributed by atoms with Crippen LogP contribution in [0.25, 0.3) is 0 Å². The summed E-state index contributed by atoms with van der Waals surface area (Å²) >= 11 is 0. The lowest BCUT2D eigenvalue weighted by atomic mass is 10.1. The standard InChI is InChI=1S/C12H27NO/c1-5-6-7-8-9-11(2)14-12(3)10-13-4/h11-13H,5-10H2,1-4H3. The Morgan fingerprint density at radius 1 is 1.07 bits per heavy atom. The molecule has 0 amide bonds. The highest BCUT2D eigenvalue weighted by atomic mass is 16.5. The molecule has 14 heavy (non-hydrogen) atoms. The Bertz CT molecular complexity index is 117. The lowest BCUT2D eigenvalue weighted by molar-refractivity contribution is 0.00460. The minimum atomic E-state index is 0.334. The fourth-order valence-corrected chi connectivity index (χ4v) is 1.66. The van der Waals surface area contributed by atoms with Gasteiger partial charge in [-0.3, -0.25) is 0 Å². The average Bonchev–Trinajstić information content (AvgIpc) is 2.13. The molecular weight excluding hydrogens is 174 g/mol. The number of unbranched alkanes of at least 4 members (excludes halogenated alkanes) is 3. The van der Waals surface area contributed by atoms with Gasteiger partial charge in [0.15, 0.2) is 0 Å². The third-order valence-corrected chi connectivity index (χ3v) is 2.42. The first-order valence-electron chi connectivity index (χ1n) is 6.00. The molecule has 0 aromatic heterocycles. The predicted molar refractivity (Wildman–Crippen MR) is 62.7 cm³/mol. The SMILES string of the molecule is CCCCCCC(C)OC(C)CNC. The normalized spacial score (nSPS) is 15.4. The van der Waals surface area contributed by atoms with Crippen molar-refractivity contribution in [1.82, 2.24) is 5.32 Å². The molecule has 2 heteroatoms. The third kappa shape index (κ3) is 8.52. The van der Waals surface area contributed by atoms with Gasteiger partial charge in [-0.25, -0.2) is 0 Å². The van der Waals surface area contributed by atoms with Crippen LogP contribution < -0.4 is 5.32 Å². The molecule has 0 aliphatic carbocycles. The van der Waals surface area contributed by atoms with Crippen molar-refractivity contribution in [2.45, 2.75) is 65.1 Å². The summed E-state index contributed by atoms with van der Waals surface area (Å²) in [5, 5.41) is 3.12. The van der Waals surface area contributed by atoms with Crippen molar-refractivity contribution in [2.75, 3.05) is 13.6 Å². The van der Waals surface area contributed by atoms with Crippen molar-refractivity contribution >= 4 is 0 Å². The first-order valence-corrected chi connectivity index (χ1v) is 6.00. The fourth-order valence-electron chi connectivity index (χ4n) is 1.66. The van der Waals surface area contributed by atoms with Crippen molar-refractivity contribution in [3.63, 3.8) is 0 Å². The Morgan fingerprint density at radius 2 is 1.79 bits per heavy atom. The maximum atomic E-state index is 5.81. The van der Waals surface area contributed by atoms with Crippen molar-refractivity contribution < 1.29 is 4.74 Å². The number of nitrogens with one attached hydrogen (secondary N) is 1. The maximum absolute atomic E-state index is 5.81. The minimum absolute atomic E-state index is 0.334. The Kier molecular flexibility index (Phi) is 9.42. The summed E-state index contributed by atoms with van der Waals surface area (Å²) in [6.07, 6.45) is 7.28. The molecule has 0 heterocycles. The van der Waals surface area contributed by atoms with Crippen LogP contribution in [0.3, 0.4) is 0 Å². The first kappa shape index (κ1) is 13.9. The molecule has 0 rings (SSSR count).